The summed E-state index contributed by atoms with van der Waals surface area (Å²) >= 11 is 0. The molecule has 0 N–H and O–H groups in total. The van der Waals surface area contributed by atoms with Crippen molar-refractivity contribution in [2.75, 3.05) is 0 Å². The zero-order chi connectivity index (χ0) is 8.48. The highest BCUT2D eigenvalue weighted by Gasteiger charge is 2.11. The summed E-state index contributed by atoms with van der Waals surface area (Å²) in [5.41, 5.74) is 3.02. The SMILES string of the molecule is C.C.C.C.Cc1ccc(C(C)(C)C)cc1. The molecular formula is C15H32. The third-order valence-corrected chi connectivity index (χ3v) is 1.92. The molecule has 0 nitrogen and oxygen atoms in total. The fourth-order valence-electron chi connectivity index (χ4n) is 1.05. The minimum atomic E-state index is 0. The first-order chi connectivity index (χ1) is 5.00. The number of rotatable bonds is 0. The number of hydrogen-bond acceptors (Lipinski definition) is 0. The Morgan fingerprint density at radius 1 is 0.733 bits per heavy atom. The van der Waals surface area contributed by atoms with E-state index in [1.54, 1.807) is 0 Å². The topological polar surface area (TPSA) is 0 Å². The van der Waals surface area contributed by atoms with Gasteiger partial charge in [0.15, 0.2) is 0 Å². The predicted octanol–water partition coefficient (Wildman–Crippen LogP) is 5.84. The molecule has 0 bridgehead atoms. The summed E-state index contributed by atoms with van der Waals surface area (Å²) in [7, 11) is 0. The minimum absolute atomic E-state index is 0. The monoisotopic (exact) mass is 212 g/mol. The van der Waals surface area contributed by atoms with Crippen LogP contribution >= 0.6 is 0 Å². The summed E-state index contributed by atoms with van der Waals surface area (Å²) in [6.07, 6.45) is 0. The number of hydrogen-bond donors (Lipinski definition) is 0. The molecule has 0 atom stereocenters. The summed E-state index contributed by atoms with van der Waals surface area (Å²) in [4.78, 5) is 0. The van der Waals surface area contributed by atoms with Gasteiger partial charge in [0.1, 0.15) is 0 Å². The molecule has 1 aromatic carbocycles. The Balaban J connectivity index is -0.000000151. The Morgan fingerprint density at radius 3 is 1.33 bits per heavy atom. The molecule has 0 heterocycles. The van der Waals surface area contributed by atoms with Crippen LogP contribution in [0.25, 0.3) is 0 Å². The van der Waals surface area contributed by atoms with Crippen LogP contribution in [-0.2, 0) is 5.41 Å². The summed E-state index contributed by atoms with van der Waals surface area (Å²) in [6.45, 7) is 8.82. The van der Waals surface area contributed by atoms with Crippen LogP contribution in [0.3, 0.4) is 0 Å². The van der Waals surface area contributed by atoms with Gasteiger partial charge < -0.3 is 0 Å². The van der Waals surface area contributed by atoms with E-state index in [2.05, 4.69) is 52.0 Å². The lowest BCUT2D eigenvalue weighted by atomic mass is 9.87. The van der Waals surface area contributed by atoms with Crippen molar-refractivity contribution >= 4 is 0 Å². The van der Waals surface area contributed by atoms with E-state index in [1.165, 1.54) is 11.1 Å². The van der Waals surface area contributed by atoms with Crippen LogP contribution in [0.1, 0.15) is 61.6 Å². The molecule has 0 aliphatic carbocycles. The van der Waals surface area contributed by atoms with Gasteiger partial charge in [-0.25, -0.2) is 0 Å². The van der Waals surface area contributed by atoms with Gasteiger partial charge in [-0.3, -0.25) is 0 Å². The lowest BCUT2D eigenvalue weighted by molar-refractivity contribution is 0.590. The second kappa shape index (κ2) is 8.52. The average Bonchev–Trinajstić information content (AvgIpc) is 1.86. The zero-order valence-corrected chi connectivity index (χ0v) is 7.81. The minimum Gasteiger partial charge on any atom is -0.0776 e. The molecule has 1 aromatic rings. The van der Waals surface area contributed by atoms with Crippen LogP contribution in [0.15, 0.2) is 24.3 Å². The maximum absolute atomic E-state index is 2.23. The number of aryl methyl sites for hydroxylation is 1. The quantitative estimate of drug-likeness (QED) is 0.507. The van der Waals surface area contributed by atoms with E-state index in [4.69, 9.17) is 0 Å². The maximum Gasteiger partial charge on any atom is -0.0132 e. The zero-order valence-electron chi connectivity index (χ0n) is 7.81. The van der Waals surface area contributed by atoms with Crippen LogP contribution in [0.2, 0.25) is 0 Å². The molecule has 0 amide bonds. The van der Waals surface area contributed by atoms with Gasteiger partial charge in [0.25, 0.3) is 0 Å². The third-order valence-electron chi connectivity index (χ3n) is 1.92. The molecular weight excluding hydrogens is 180 g/mol. The van der Waals surface area contributed by atoms with Crippen LogP contribution in [-0.4, -0.2) is 0 Å². The smallest absolute Gasteiger partial charge is 0.0132 e. The molecule has 0 aliphatic rings. The average molecular weight is 212 g/mol. The van der Waals surface area contributed by atoms with Crippen LogP contribution in [0.4, 0.5) is 0 Å². The van der Waals surface area contributed by atoms with E-state index in [9.17, 15) is 0 Å². The lowest BCUT2D eigenvalue weighted by Crippen LogP contribution is -2.10. The van der Waals surface area contributed by atoms with Crippen molar-refractivity contribution in [1.29, 1.82) is 0 Å². The van der Waals surface area contributed by atoms with Crippen molar-refractivity contribution in [2.24, 2.45) is 0 Å². The van der Waals surface area contributed by atoms with E-state index in [0.29, 0.717) is 0 Å². The molecule has 15 heavy (non-hydrogen) atoms. The normalized spacial score (nSPS) is 8.53. The Bertz CT molecular complexity index is 223. The van der Waals surface area contributed by atoms with Gasteiger partial charge in [-0.1, -0.05) is 80.3 Å². The summed E-state index contributed by atoms with van der Waals surface area (Å²) in [6, 6.07) is 8.74. The Hall–Kier alpha value is -0.780. The molecule has 0 fully saturated rings. The Morgan fingerprint density at radius 2 is 1.07 bits per heavy atom. The second-order valence-corrected chi connectivity index (χ2v) is 4.12. The van der Waals surface area contributed by atoms with Gasteiger partial charge in [0.05, 0.1) is 0 Å². The van der Waals surface area contributed by atoms with E-state index in [1.807, 2.05) is 0 Å². The third kappa shape index (κ3) is 7.18. The fourth-order valence-corrected chi connectivity index (χ4v) is 1.05. The van der Waals surface area contributed by atoms with Gasteiger partial charge in [-0.05, 0) is 17.9 Å². The Labute approximate surface area is 98.7 Å². The summed E-state index contributed by atoms with van der Waals surface area (Å²) in [5.74, 6) is 0. The van der Waals surface area contributed by atoms with Crippen molar-refractivity contribution in [3.05, 3.63) is 35.4 Å². The molecule has 0 aromatic heterocycles. The van der Waals surface area contributed by atoms with E-state index < -0.39 is 0 Å². The van der Waals surface area contributed by atoms with Gasteiger partial charge >= 0.3 is 0 Å². The van der Waals surface area contributed by atoms with Gasteiger partial charge in [-0.2, -0.15) is 0 Å². The molecule has 0 aliphatic heterocycles. The second-order valence-electron chi connectivity index (χ2n) is 4.12. The summed E-state index contributed by atoms with van der Waals surface area (Å²) < 4.78 is 0. The van der Waals surface area contributed by atoms with Gasteiger partial charge in [0, 0.05) is 0 Å². The Kier molecular flexibility index (Phi) is 13.5. The highest BCUT2D eigenvalue weighted by atomic mass is 14.2. The van der Waals surface area contributed by atoms with Gasteiger partial charge in [0.2, 0.25) is 0 Å². The highest BCUT2D eigenvalue weighted by molar-refractivity contribution is 5.26. The van der Waals surface area contributed by atoms with Crippen molar-refractivity contribution in [3.8, 4) is 0 Å². The predicted molar refractivity (Wildman–Crippen MR) is 76.8 cm³/mol. The van der Waals surface area contributed by atoms with E-state index in [-0.39, 0.29) is 35.1 Å². The largest absolute Gasteiger partial charge is 0.0776 e. The standard InChI is InChI=1S/C11H16.4CH4/c1-9-5-7-10(8-6-9)11(2,3)4;;;;/h5-8H,1-4H3;4*1H4. The van der Waals surface area contributed by atoms with Crippen molar-refractivity contribution in [1.82, 2.24) is 0 Å². The molecule has 0 radical (unpaired) electrons. The molecule has 0 spiro atoms. The highest BCUT2D eigenvalue weighted by Crippen LogP contribution is 2.21. The number of benzene rings is 1. The first-order valence-corrected chi connectivity index (χ1v) is 4.07. The lowest BCUT2D eigenvalue weighted by Gasteiger charge is -2.18. The fraction of sp³-hybridized carbons (Fsp3) is 0.600. The van der Waals surface area contributed by atoms with Crippen LogP contribution in [0, 0.1) is 6.92 Å². The first kappa shape index (κ1) is 23.8. The molecule has 0 unspecified atom stereocenters. The van der Waals surface area contributed by atoms with Crippen molar-refractivity contribution in [2.45, 2.75) is 62.8 Å². The van der Waals surface area contributed by atoms with E-state index in [0.717, 1.165) is 0 Å². The maximum atomic E-state index is 2.23. The molecule has 1 rings (SSSR count). The van der Waals surface area contributed by atoms with Crippen molar-refractivity contribution < 1.29 is 0 Å². The summed E-state index contributed by atoms with van der Waals surface area (Å²) in [5, 5.41) is 0. The van der Waals surface area contributed by atoms with Crippen molar-refractivity contribution in [3.63, 3.8) is 0 Å². The molecule has 0 saturated heterocycles. The van der Waals surface area contributed by atoms with Crippen LogP contribution < -0.4 is 0 Å². The van der Waals surface area contributed by atoms with E-state index >= 15 is 0 Å². The molecule has 0 saturated carbocycles. The van der Waals surface area contributed by atoms with Gasteiger partial charge in [-0.15, -0.1) is 0 Å². The molecule has 92 valence electrons. The molecule has 0 heteroatoms. The van der Waals surface area contributed by atoms with Crippen LogP contribution in [0.5, 0.6) is 0 Å². The first-order valence-electron chi connectivity index (χ1n) is 4.07.